The number of benzene rings is 7. The summed E-state index contributed by atoms with van der Waals surface area (Å²) in [7, 11) is 0. The highest BCUT2D eigenvalue weighted by molar-refractivity contribution is 6.13. The van der Waals surface area contributed by atoms with E-state index in [0.29, 0.717) is 45.3 Å². The minimum absolute atomic E-state index is 0.125. The van der Waals surface area contributed by atoms with E-state index in [4.69, 9.17) is 26.2 Å². The smallest absolute Gasteiger partial charge is 0.238 e. The maximum atomic E-state index is 8.65. The van der Waals surface area contributed by atoms with Gasteiger partial charge < -0.3 is 4.42 Å². The van der Waals surface area contributed by atoms with Crippen LogP contribution in [0.15, 0.2) is 174 Å². The lowest BCUT2D eigenvalue weighted by Gasteiger charge is -2.11. The predicted octanol–water partition coefficient (Wildman–Crippen LogP) is 11.5. The van der Waals surface area contributed by atoms with Crippen molar-refractivity contribution in [3.63, 3.8) is 0 Å². The van der Waals surface area contributed by atoms with Crippen LogP contribution in [-0.2, 0) is 0 Å². The third-order valence-electron chi connectivity index (χ3n) is 9.16. The lowest BCUT2D eigenvalue weighted by atomic mass is 9.99. The largest absolute Gasteiger partial charge is 0.456 e. The molecule has 0 aliphatic carbocycles. The zero-order valence-corrected chi connectivity index (χ0v) is 26.5. The van der Waals surface area contributed by atoms with Crippen molar-refractivity contribution in [3.05, 3.63) is 170 Å². The summed E-state index contributed by atoms with van der Waals surface area (Å²) in [6, 6.07) is 44.2. The Bertz CT molecular complexity index is 3130. The standard InChI is InChI=1S/C45H28N4O/c1-4-13-29(14-5-1)32-24-26-39-37(27-32)35-19-10-11-21-38(35)49(39)45-47-43(31-17-8-3-9-18-31)46-44(48-45)33-23-25-36-41(28-33)50-40-22-12-20-34(42(36)40)30-15-6-2-7-16-30/h1-28H/i2D,6D,7D,15D,16D. The maximum absolute atomic E-state index is 8.65. The van der Waals surface area contributed by atoms with Crippen LogP contribution in [0.1, 0.15) is 6.85 Å². The van der Waals surface area contributed by atoms with E-state index in [2.05, 4.69) is 47.0 Å². The van der Waals surface area contributed by atoms with Crippen LogP contribution in [0, 0.1) is 0 Å². The highest BCUT2D eigenvalue weighted by Crippen LogP contribution is 2.39. The van der Waals surface area contributed by atoms with Gasteiger partial charge in [-0.3, -0.25) is 4.57 Å². The molecule has 0 atom stereocenters. The molecule has 7 aromatic carbocycles. The van der Waals surface area contributed by atoms with Crippen molar-refractivity contribution in [1.29, 1.82) is 0 Å². The summed E-state index contributed by atoms with van der Waals surface area (Å²) in [5.74, 6) is 1.43. The van der Waals surface area contributed by atoms with Crippen molar-refractivity contribution in [2.24, 2.45) is 0 Å². The van der Waals surface area contributed by atoms with Gasteiger partial charge in [-0.2, -0.15) is 9.97 Å². The maximum Gasteiger partial charge on any atom is 0.238 e. The van der Waals surface area contributed by atoms with Gasteiger partial charge in [0.1, 0.15) is 11.2 Å². The summed E-state index contributed by atoms with van der Waals surface area (Å²) in [5.41, 5.74) is 7.41. The molecule has 10 rings (SSSR count). The highest BCUT2D eigenvalue weighted by atomic mass is 16.3. The average Bonchev–Trinajstić information content (AvgIpc) is 3.78. The minimum Gasteiger partial charge on any atom is -0.456 e. The Balaban J connectivity index is 1.18. The molecule has 0 radical (unpaired) electrons. The molecule has 0 amide bonds. The van der Waals surface area contributed by atoms with E-state index in [-0.39, 0.29) is 29.7 Å². The molecule has 0 fully saturated rings. The van der Waals surface area contributed by atoms with Gasteiger partial charge in [0.25, 0.3) is 0 Å². The SMILES string of the molecule is [2H]c1c([2H])c([2H])c(-c2cccc3oc4cc(-c5nc(-c6ccccc6)nc(-n6c7ccccc7c7cc(-c8ccccc8)ccc76)n5)ccc4c23)c([2H])c1[2H]. The molecule has 234 valence electrons. The molecular weight excluding hydrogens is 613 g/mol. The van der Waals surface area contributed by atoms with Crippen molar-refractivity contribution in [1.82, 2.24) is 19.5 Å². The second-order valence-corrected chi connectivity index (χ2v) is 12.1. The summed E-state index contributed by atoms with van der Waals surface area (Å²) in [4.78, 5) is 15.2. The van der Waals surface area contributed by atoms with Gasteiger partial charge in [0, 0.05) is 32.7 Å². The molecule has 0 aliphatic rings. The summed E-state index contributed by atoms with van der Waals surface area (Å²) in [6.07, 6.45) is 0. The third kappa shape index (κ3) is 4.60. The molecule has 0 bridgehead atoms. The van der Waals surface area contributed by atoms with E-state index in [1.165, 1.54) is 0 Å². The lowest BCUT2D eigenvalue weighted by Crippen LogP contribution is -2.06. The molecule has 10 aromatic rings. The van der Waals surface area contributed by atoms with Crippen molar-refractivity contribution in [2.75, 3.05) is 0 Å². The first-order valence-electron chi connectivity index (χ1n) is 18.8. The number of hydrogen-bond donors (Lipinski definition) is 0. The fourth-order valence-corrected chi connectivity index (χ4v) is 6.87. The molecule has 0 N–H and O–H groups in total. The number of rotatable bonds is 5. The monoisotopic (exact) mass is 645 g/mol. The first-order chi connectivity index (χ1) is 26.9. The van der Waals surface area contributed by atoms with Crippen LogP contribution >= 0.6 is 0 Å². The predicted molar refractivity (Wildman–Crippen MR) is 203 cm³/mol. The lowest BCUT2D eigenvalue weighted by molar-refractivity contribution is 0.669. The minimum atomic E-state index is -0.433. The fraction of sp³-hybridized carbons (Fsp3) is 0. The molecule has 3 aromatic heterocycles. The van der Waals surface area contributed by atoms with Crippen LogP contribution < -0.4 is 0 Å². The summed E-state index contributed by atoms with van der Waals surface area (Å²) in [6.45, 7) is 0. The van der Waals surface area contributed by atoms with Crippen LogP contribution in [-0.4, -0.2) is 19.5 Å². The van der Waals surface area contributed by atoms with E-state index in [0.717, 1.165) is 43.9 Å². The van der Waals surface area contributed by atoms with Crippen molar-refractivity contribution in [2.45, 2.75) is 0 Å². The zero-order valence-electron chi connectivity index (χ0n) is 31.5. The molecule has 5 heteroatoms. The van der Waals surface area contributed by atoms with Gasteiger partial charge in [-0.05, 0) is 58.7 Å². The molecule has 5 nitrogen and oxygen atoms in total. The van der Waals surface area contributed by atoms with E-state index in [1.807, 2.05) is 84.9 Å². The van der Waals surface area contributed by atoms with Gasteiger partial charge in [-0.1, -0.05) is 133 Å². The number of hydrogen-bond acceptors (Lipinski definition) is 4. The van der Waals surface area contributed by atoms with Crippen LogP contribution in [0.5, 0.6) is 0 Å². The second kappa shape index (κ2) is 11.4. The van der Waals surface area contributed by atoms with Crippen LogP contribution in [0.25, 0.3) is 94.7 Å². The molecule has 0 spiro atoms. The number of para-hydroxylation sites is 1. The Morgan fingerprint density at radius 3 is 1.98 bits per heavy atom. The summed E-state index contributed by atoms with van der Waals surface area (Å²) < 4.78 is 50.4. The Labute approximate surface area is 294 Å². The summed E-state index contributed by atoms with van der Waals surface area (Å²) in [5, 5.41) is 3.55. The normalized spacial score (nSPS) is 13.0. The molecule has 3 heterocycles. The fourth-order valence-electron chi connectivity index (χ4n) is 6.87. The van der Waals surface area contributed by atoms with E-state index >= 15 is 0 Å². The molecule has 0 saturated heterocycles. The van der Waals surface area contributed by atoms with Gasteiger partial charge in [0.15, 0.2) is 11.6 Å². The highest BCUT2D eigenvalue weighted by Gasteiger charge is 2.19. The van der Waals surface area contributed by atoms with Gasteiger partial charge in [0.05, 0.1) is 17.9 Å². The zero-order chi connectivity index (χ0) is 37.4. The van der Waals surface area contributed by atoms with E-state index < -0.39 is 6.04 Å². The van der Waals surface area contributed by atoms with Crippen LogP contribution in [0.4, 0.5) is 0 Å². The molecular formula is C45H28N4O. The number of nitrogens with zero attached hydrogens (tertiary/aromatic N) is 4. The molecule has 0 aliphatic heterocycles. The van der Waals surface area contributed by atoms with E-state index in [9.17, 15) is 0 Å². The Kier molecular flexibility index (Phi) is 5.35. The van der Waals surface area contributed by atoms with Gasteiger partial charge in [-0.25, -0.2) is 4.98 Å². The summed E-state index contributed by atoms with van der Waals surface area (Å²) >= 11 is 0. The molecule has 0 saturated carbocycles. The number of furan rings is 1. The average molecular weight is 646 g/mol. The Morgan fingerprint density at radius 1 is 0.460 bits per heavy atom. The number of fused-ring (bicyclic) bond motifs is 6. The van der Waals surface area contributed by atoms with Crippen LogP contribution in [0.2, 0.25) is 0 Å². The van der Waals surface area contributed by atoms with Crippen molar-refractivity contribution in [3.8, 4) is 51.0 Å². The van der Waals surface area contributed by atoms with Gasteiger partial charge in [0.2, 0.25) is 5.95 Å². The topological polar surface area (TPSA) is 56.7 Å². The first-order valence-corrected chi connectivity index (χ1v) is 16.3. The quantitative estimate of drug-likeness (QED) is 0.187. The molecule has 0 unspecified atom stereocenters. The first kappa shape index (κ1) is 23.5. The second-order valence-electron chi connectivity index (χ2n) is 12.1. The van der Waals surface area contributed by atoms with Crippen molar-refractivity contribution < 1.29 is 11.3 Å². The molecule has 50 heavy (non-hydrogen) atoms. The number of aromatic nitrogens is 4. The van der Waals surface area contributed by atoms with Gasteiger partial charge >= 0.3 is 0 Å². The van der Waals surface area contributed by atoms with Gasteiger partial charge in [-0.15, -0.1) is 0 Å². The Hall–Kier alpha value is -6.85. The Morgan fingerprint density at radius 2 is 1.16 bits per heavy atom. The van der Waals surface area contributed by atoms with E-state index in [1.54, 1.807) is 12.1 Å². The third-order valence-corrected chi connectivity index (χ3v) is 9.16. The van der Waals surface area contributed by atoms with Crippen molar-refractivity contribution >= 4 is 43.7 Å². The van der Waals surface area contributed by atoms with Crippen LogP contribution in [0.3, 0.4) is 0 Å².